The van der Waals surface area contributed by atoms with Crippen LogP contribution < -0.4 is 0 Å². The zero-order chi connectivity index (χ0) is 65.0. The fourth-order valence-corrected chi connectivity index (χ4v) is 12.0. The topological polar surface area (TPSA) is 237 Å². The Morgan fingerprint density at radius 2 is 0.523 bits per heavy atom. The summed E-state index contributed by atoms with van der Waals surface area (Å²) in [6.07, 6.45) is 46.0. The maximum atomic E-state index is 13.0. The smallest absolute Gasteiger partial charge is 0.462 e. The van der Waals surface area contributed by atoms with Gasteiger partial charge < -0.3 is 33.8 Å². The number of phosphoric acid groups is 2. The molecule has 0 bridgehead atoms. The molecular weight excluding hydrogens is 1160 g/mol. The molecule has 0 spiro atoms. The number of aliphatic hydroxyl groups excluding tert-OH is 1. The highest BCUT2D eigenvalue weighted by molar-refractivity contribution is 7.47. The van der Waals surface area contributed by atoms with Crippen molar-refractivity contribution in [1.82, 2.24) is 0 Å². The summed E-state index contributed by atoms with van der Waals surface area (Å²) < 4.78 is 68.1. The highest BCUT2D eigenvalue weighted by Crippen LogP contribution is 2.45. The largest absolute Gasteiger partial charge is 0.472 e. The van der Waals surface area contributed by atoms with Crippen molar-refractivity contribution in [3.05, 3.63) is 0 Å². The summed E-state index contributed by atoms with van der Waals surface area (Å²) in [4.78, 5) is 72.4. The molecule has 0 radical (unpaired) electrons. The number of hydrogen-bond acceptors (Lipinski definition) is 15. The van der Waals surface area contributed by atoms with Gasteiger partial charge in [0.1, 0.15) is 19.3 Å². The zero-order valence-electron chi connectivity index (χ0n) is 57.0. The minimum atomic E-state index is -4.95. The minimum Gasteiger partial charge on any atom is -0.462 e. The average molecular weight is 1300 g/mol. The Balaban J connectivity index is 5.19. The molecule has 0 rings (SSSR count). The van der Waals surface area contributed by atoms with Crippen molar-refractivity contribution < 1.29 is 80.2 Å². The molecule has 0 aromatic carbocycles. The van der Waals surface area contributed by atoms with Crippen molar-refractivity contribution in [2.75, 3.05) is 39.6 Å². The van der Waals surface area contributed by atoms with E-state index in [1.54, 1.807) is 0 Å². The summed E-state index contributed by atoms with van der Waals surface area (Å²) in [5.41, 5.74) is 0. The molecule has 0 saturated heterocycles. The molecule has 0 amide bonds. The van der Waals surface area contributed by atoms with Gasteiger partial charge in [0.2, 0.25) is 0 Å². The lowest BCUT2D eigenvalue weighted by Gasteiger charge is -2.21. The van der Waals surface area contributed by atoms with Crippen LogP contribution in [-0.4, -0.2) is 96.7 Å². The normalized spacial score (nSPS) is 14.2. The number of rotatable bonds is 68. The first-order valence-corrected chi connectivity index (χ1v) is 39.0. The van der Waals surface area contributed by atoms with E-state index in [0.29, 0.717) is 25.7 Å². The lowest BCUT2D eigenvalue weighted by Crippen LogP contribution is -2.30. The lowest BCUT2D eigenvalue weighted by atomic mass is 10.0. The van der Waals surface area contributed by atoms with E-state index in [2.05, 4.69) is 41.5 Å². The molecule has 0 aromatic rings. The van der Waals surface area contributed by atoms with Gasteiger partial charge in [-0.1, -0.05) is 298 Å². The molecule has 19 heteroatoms. The van der Waals surface area contributed by atoms with Gasteiger partial charge >= 0.3 is 39.5 Å². The van der Waals surface area contributed by atoms with Crippen molar-refractivity contribution in [1.29, 1.82) is 0 Å². The van der Waals surface area contributed by atoms with Crippen molar-refractivity contribution in [3.63, 3.8) is 0 Å². The summed E-state index contributed by atoms with van der Waals surface area (Å²) in [5.74, 6) is -0.686. The molecule has 88 heavy (non-hydrogen) atoms. The molecule has 0 aromatic heterocycles. The van der Waals surface area contributed by atoms with Gasteiger partial charge in [-0.2, -0.15) is 0 Å². The summed E-state index contributed by atoms with van der Waals surface area (Å²) in [6.45, 7) is 9.44. The van der Waals surface area contributed by atoms with E-state index < -0.39 is 97.5 Å². The summed E-state index contributed by atoms with van der Waals surface area (Å²) >= 11 is 0. The van der Waals surface area contributed by atoms with Gasteiger partial charge in [0.25, 0.3) is 0 Å². The molecule has 0 aliphatic rings. The first-order chi connectivity index (χ1) is 42.4. The minimum absolute atomic E-state index is 0.104. The molecule has 0 aliphatic carbocycles. The highest BCUT2D eigenvalue weighted by atomic mass is 31.2. The Kier molecular flexibility index (Phi) is 59.9. The van der Waals surface area contributed by atoms with Crippen molar-refractivity contribution in [2.24, 2.45) is 11.8 Å². The Labute approximate surface area is 537 Å². The zero-order valence-corrected chi connectivity index (χ0v) is 58.8. The molecule has 0 saturated carbocycles. The van der Waals surface area contributed by atoms with Crippen molar-refractivity contribution in [2.45, 2.75) is 368 Å². The molecule has 522 valence electrons. The van der Waals surface area contributed by atoms with Crippen LogP contribution in [0.4, 0.5) is 0 Å². The van der Waals surface area contributed by atoms with Gasteiger partial charge in [-0.25, -0.2) is 9.13 Å². The van der Waals surface area contributed by atoms with Crippen molar-refractivity contribution >= 4 is 39.5 Å². The first-order valence-electron chi connectivity index (χ1n) is 36.0. The van der Waals surface area contributed by atoms with E-state index in [1.807, 2.05) is 0 Å². The second-order valence-electron chi connectivity index (χ2n) is 25.9. The maximum Gasteiger partial charge on any atom is 0.472 e. The Hall–Kier alpha value is -1.94. The number of esters is 4. The van der Waals surface area contributed by atoms with Crippen LogP contribution in [0.1, 0.15) is 350 Å². The average Bonchev–Trinajstić information content (AvgIpc) is 3.54. The predicted octanol–water partition coefficient (Wildman–Crippen LogP) is 19.6. The third kappa shape index (κ3) is 62.8. The summed E-state index contributed by atoms with van der Waals surface area (Å²) in [5, 5.41) is 10.6. The van der Waals surface area contributed by atoms with E-state index in [-0.39, 0.29) is 25.7 Å². The molecular formula is C69H134O17P2. The van der Waals surface area contributed by atoms with Crippen LogP contribution in [0.3, 0.4) is 0 Å². The van der Waals surface area contributed by atoms with Gasteiger partial charge in [-0.05, 0) is 37.5 Å². The molecule has 5 atom stereocenters. The second kappa shape index (κ2) is 61.3. The Morgan fingerprint density at radius 3 is 0.773 bits per heavy atom. The number of carbonyl (C=O) groups is 4. The third-order valence-corrected chi connectivity index (χ3v) is 17.9. The van der Waals surface area contributed by atoms with Crippen LogP contribution >= 0.6 is 15.6 Å². The number of carbonyl (C=O) groups excluding carboxylic acids is 4. The van der Waals surface area contributed by atoms with E-state index in [4.69, 9.17) is 37.0 Å². The second-order valence-corrected chi connectivity index (χ2v) is 28.8. The molecule has 0 aliphatic heterocycles. The molecule has 17 nitrogen and oxygen atoms in total. The first kappa shape index (κ1) is 86.1. The van der Waals surface area contributed by atoms with Gasteiger partial charge in [0.15, 0.2) is 12.2 Å². The Bertz CT molecular complexity index is 1720. The van der Waals surface area contributed by atoms with Crippen LogP contribution in [0.2, 0.25) is 0 Å². The molecule has 2 unspecified atom stereocenters. The maximum absolute atomic E-state index is 13.0. The van der Waals surface area contributed by atoms with E-state index in [9.17, 15) is 43.2 Å². The van der Waals surface area contributed by atoms with Gasteiger partial charge in [-0.3, -0.25) is 37.3 Å². The number of unbranched alkanes of at least 4 members (excludes halogenated alkanes) is 38. The van der Waals surface area contributed by atoms with Crippen LogP contribution in [-0.2, 0) is 65.4 Å². The van der Waals surface area contributed by atoms with E-state index in [0.717, 1.165) is 108 Å². The fraction of sp³-hybridized carbons (Fsp3) is 0.942. The summed E-state index contributed by atoms with van der Waals surface area (Å²) in [6, 6.07) is 0. The number of aliphatic hydroxyl groups is 1. The Morgan fingerprint density at radius 1 is 0.307 bits per heavy atom. The van der Waals surface area contributed by atoms with Crippen LogP contribution in [0.25, 0.3) is 0 Å². The predicted molar refractivity (Wildman–Crippen MR) is 354 cm³/mol. The van der Waals surface area contributed by atoms with Crippen LogP contribution in [0.15, 0.2) is 0 Å². The van der Waals surface area contributed by atoms with Gasteiger partial charge in [0.05, 0.1) is 26.4 Å². The third-order valence-electron chi connectivity index (χ3n) is 16.0. The molecule has 0 fully saturated rings. The number of phosphoric ester groups is 2. The molecule has 3 N–H and O–H groups in total. The van der Waals surface area contributed by atoms with E-state index in [1.165, 1.54) is 161 Å². The van der Waals surface area contributed by atoms with Crippen molar-refractivity contribution in [3.8, 4) is 0 Å². The number of hydrogen-bond donors (Lipinski definition) is 3. The van der Waals surface area contributed by atoms with Crippen LogP contribution in [0.5, 0.6) is 0 Å². The highest BCUT2D eigenvalue weighted by Gasteiger charge is 2.30. The van der Waals surface area contributed by atoms with E-state index >= 15 is 0 Å². The van der Waals surface area contributed by atoms with Gasteiger partial charge in [0, 0.05) is 25.7 Å². The molecule has 0 heterocycles. The SMILES string of the molecule is CCCCCCCCCCCCCCCCCCCCC(=O)O[C@H](COC(=O)CCCCCCCCCCC(C)C)COP(=O)(O)OC[C@@H](O)COP(=O)(O)OC[C@@H](COC(=O)CCCCCCCCCC)OC(=O)CCCCCCCCCCC(C)C. The fourth-order valence-electron chi connectivity index (χ4n) is 10.4. The monoisotopic (exact) mass is 1300 g/mol. The summed E-state index contributed by atoms with van der Waals surface area (Å²) in [7, 11) is -9.89. The lowest BCUT2D eigenvalue weighted by molar-refractivity contribution is -0.161. The quantitative estimate of drug-likeness (QED) is 0.0222. The number of ether oxygens (including phenoxy) is 4. The van der Waals surface area contributed by atoms with Crippen LogP contribution in [0, 0.1) is 11.8 Å². The van der Waals surface area contributed by atoms with Gasteiger partial charge in [-0.15, -0.1) is 0 Å². The standard InChI is InChI=1S/C69H134O17P2/c1-7-9-11-13-15-17-18-19-20-21-22-23-24-25-26-35-41-47-53-68(73)85-65(58-80-67(72)52-46-40-34-29-27-31-37-43-49-61(3)4)60-84-88(77,78)82-56-63(70)55-81-87(75,76)83-59-64(57-79-66(71)51-45-39-33-16-14-12-10-8-2)86-69(74)54-48-42-36-30-28-32-38-44-50-62(5)6/h61-65,70H,7-60H2,1-6H3,(H,75,76)(H,77,78)/t63-,64+,65+/m0/s1.